The fraction of sp³-hybridized carbons (Fsp3) is 0.500. The highest BCUT2D eigenvalue weighted by Crippen LogP contribution is 2.28. The fourth-order valence-electron chi connectivity index (χ4n) is 2.78. The Balaban J connectivity index is 2.14. The van der Waals surface area contributed by atoms with Gasteiger partial charge in [0.15, 0.2) is 5.65 Å². The molecule has 0 aromatic carbocycles. The van der Waals surface area contributed by atoms with Crippen molar-refractivity contribution >= 4 is 32.6 Å². The van der Waals surface area contributed by atoms with Gasteiger partial charge in [-0.25, -0.2) is 4.79 Å². The number of unbranched alkanes of at least 4 members (excludes halogenated alkanes) is 3. The molecular formula is C16H20N4O2S. The third-order valence-electron chi connectivity index (χ3n) is 4.15. The zero-order valence-electron chi connectivity index (χ0n) is 13.6. The van der Waals surface area contributed by atoms with Crippen molar-refractivity contribution < 1.29 is 0 Å². The van der Waals surface area contributed by atoms with Crippen LogP contribution >= 0.6 is 11.3 Å². The first-order valence-corrected chi connectivity index (χ1v) is 8.71. The Morgan fingerprint density at radius 3 is 2.61 bits per heavy atom. The summed E-state index contributed by atoms with van der Waals surface area (Å²) in [5.41, 5.74) is 0.406. The van der Waals surface area contributed by atoms with E-state index in [1.54, 1.807) is 18.4 Å². The van der Waals surface area contributed by atoms with Crippen LogP contribution in [0, 0.1) is 0 Å². The molecule has 0 N–H and O–H groups in total. The van der Waals surface area contributed by atoms with E-state index in [1.807, 2.05) is 6.07 Å². The maximum absolute atomic E-state index is 12.5. The second-order valence-electron chi connectivity index (χ2n) is 5.84. The van der Waals surface area contributed by atoms with E-state index in [2.05, 4.69) is 17.1 Å². The van der Waals surface area contributed by atoms with E-state index >= 15 is 0 Å². The van der Waals surface area contributed by atoms with Crippen molar-refractivity contribution in [3.05, 3.63) is 31.8 Å². The second-order valence-corrected chi connectivity index (χ2v) is 6.98. The smallest absolute Gasteiger partial charge is 0.279 e. The highest BCUT2D eigenvalue weighted by molar-refractivity contribution is 7.20. The minimum absolute atomic E-state index is 0.303. The van der Waals surface area contributed by atoms with Crippen LogP contribution in [0.1, 0.15) is 37.5 Å². The molecule has 3 heterocycles. The Morgan fingerprint density at radius 1 is 1.09 bits per heavy atom. The van der Waals surface area contributed by atoms with Crippen LogP contribution in [0.4, 0.5) is 0 Å². The molecule has 3 aromatic rings. The van der Waals surface area contributed by atoms with E-state index in [9.17, 15) is 9.59 Å². The normalized spacial score (nSPS) is 11.6. The molecule has 3 rings (SSSR count). The number of nitrogens with zero attached hydrogens (tertiary/aromatic N) is 4. The lowest BCUT2D eigenvalue weighted by molar-refractivity contribution is 0.670. The summed E-state index contributed by atoms with van der Waals surface area (Å²) in [7, 11) is 3.11. The van der Waals surface area contributed by atoms with Crippen molar-refractivity contribution in [2.45, 2.75) is 39.0 Å². The first-order chi connectivity index (χ1) is 11.0. The number of hydrogen-bond donors (Lipinski definition) is 0. The van der Waals surface area contributed by atoms with E-state index in [1.165, 1.54) is 35.8 Å². The van der Waals surface area contributed by atoms with Gasteiger partial charge >= 0.3 is 5.69 Å². The molecule has 0 saturated carbocycles. The van der Waals surface area contributed by atoms with Crippen LogP contribution in [0.25, 0.3) is 21.3 Å². The highest BCUT2D eigenvalue weighted by Gasteiger charge is 2.16. The van der Waals surface area contributed by atoms with Crippen LogP contribution in [0.5, 0.6) is 0 Å². The van der Waals surface area contributed by atoms with E-state index in [4.69, 9.17) is 0 Å². The van der Waals surface area contributed by atoms with Crippen LogP contribution in [0.15, 0.2) is 15.7 Å². The van der Waals surface area contributed by atoms with Crippen molar-refractivity contribution in [1.82, 2.24) is 19.3 Å². The van der Waals surface area contributed by atoms with Crippen molar-refractivity contribution in [1.29, 1.82) is 0 Å². The summed E-state index contributed by atoms with van der Waals surface area (Å²) < 4.78 is 3.34. The zero-order valence-corrected chi connectivity index (χ0v) is 14.4. The number of thiophene rings is 1. The first-order valence-electron chi connectivity index (χ1n) is 7.89. The monoisotopic (exact) mass is 332 g/mol. The van der Waals surface area contributed by atoms with Gasteiger partial charge < -0.3 is 0 Å². The number of fused-ring (bicyclic) bond motifs is 3. The van der Waals surface area contributed by atoms with Gasteiger partial charge in [0, 0.05) is 19.0 Å². The zero-order chi connectivity index (χ0) is 16.6. The van der Waals surface area contributed by atoms with Gasteiger partial charge in [-0.1, -0.05) is 26.2 Å². The third-order valence-corrected chi connectivity index (χ3v) is 5.35. The predicted molar refractivity (Wildman–Crippen MR) is 93.2 cm³/mol. The van der Waals surface area contributed by atoms with Gasteiger partial charge in [-0.2, -0.15) is 0 Å². The summed E-state index contributed by atoms with van der Waals surface area (Å²) in [6.07, 6.45) is 5.81. The molecule has 122 valence electrons. The van der Waals surface area contributed by atoms with Gasteiger partial charge in [0.05, 0.1) is 4.70 Å². The van der Waals surface area contributed by atoms with Crippen LogP contribution in [-0.4, -0.2) is 19.3 Å². The van der Waals surface area contributed by atoms with Gasteiger partial charge in [-0.05, 0) is 18.9 Å². The summed E-state index contributed by atoms with van der Waals surface area (Å²) in [5.74, 6) is 0. The minimum atomic E-state index is -0.382. The Labute approximate surface area is 137 Å². The van der Waals surface area contributed by atoms with Gasteiger partial charge in [0.2, 0.25) is 0 Å². The lowest BCUT2D eigenvalue weighted by Crippen LogP contribution is -2.37. The van der Waals surface area contributed by atoms with Gasteiger partial charge in [0.1, 0.15) is 10.9 Å². The average molecular weight is 332 g/mol. The van der Waals surface area contributed by atoms with E-state index in [0.29, 0.717) is 11.0 Å². The molecule has 0 aliphatic rings. The van der Waals surface area contributed by atoms with Crippen LogP contribution in [-0.2, 0) is 20.5 Å². The van der Waals surface area contributed by atoms with Crippen molar-refractivity contribution in [3.63, 3.8) is 0 Å². The lowest BCUT2D eigenvalue weighted by atomic mass is 10.1. The molecule has 0 bridgehead atoms. The number of aromatic nitrogens is 4. The van der Waals surface area contributed by atoms with Crippen LogP contribution in [0.2, 0.25) is 0 Å². The van der Waals surface area contributed by atoms with Crippen molar-refractivity contribution in [2.24, 2.45) is 14.1 Å². The number of rotatable bonds is 5. The lowest BCUT2D eigenvalue weighted by Gasteiger charge is -2.05. The molecule has 0 fully saturated rings. The summed E-state index contributed by atoms with van der Waals surface area (Å²) >= 11 is 1.59. The summed E-state index contributed by atoms with van der Waals surface area (Å²) in [6.45, 7) is 2.20. The molecule has 3 aromatic heterocycles. The van der Waals surface area contributed by atoms with Crippen molar-refractivity contribution in [3.8, 4) is 0 Å². The molecule has 23 heavy (non-hydrogen) atoms. The van der Waals surface area contributed by atoms with Gasteiger partial charge in [0.25, 0.3) is 5.56 Å². The Hall–Kier alpha value is -2.02. The quantitative estimate of drug-likeness (QED) is 0.673. The Kier molecular flexibility index (Phi) is 4.30. The molecule has 0 aliphatic carbocycles. The van der Waals surface area contributed by atoms with Crippen molar-refractivity contribution in [2.75, 3.05) is 0 Å². The summed E-state index contributed by atoms with van der Waals surface area (Å²) in [6, 6.07) is 2.02. The highest BCUT2D eigenvalue weighted by atomic mass is 32.1. The Bertz CT molecular complexity index is 984. The molecule has 0 radical (unpaired) electrons. The largest absolute Gasteiger partial charge is 0.332 e. The average Bonchev–Trinajstić information content (AvgIpc) is 2.97. The Morgan fingerprint density at radius 2 is 1.87 bits per heavy atom. The van der Waals surface area contributed by atoms with Crippen LogP contribution < -0.4 is 11.2 Å². The molecule has 0 saturated heterocycles. The SMILES string of the molecule is CCCCCCc1cc2nnc3c(c(=O)n(C)c(=O)n3C)c2s1. The molecule has 0 atom stereocenters. The molecular weight excluding hydrogens is 312 g/mol. The fourth-order valence-corrected chi connectivity index (χ4v) is 3.95. The summed E-state index contributed by atoms with van der Waals surface area (Å²) in [5, 5.41) is 8.79. The minimum Gasteiger partial charge on any atom is -0.279 e. The molecule has 0 spiro atoms. The second kappa shape index (κ2) is 6.23. The predicted octanol–water partition coefficient (Wildman–Crippen LogP) is 2.36. The molecule has 0 unspecified atom stereocenters. The molecule has 6 nitrogen and oxygen atoms in total. The maximum Gasteiger partial charge on any atom is 0.332 e. The number of aryl methyl sites for hydroxylation is 2. The third kappa shape index (κ3) is 2.69. The first kappa shape index (κ1) is 15.9. The summed E-state index contributed by atoms with van der Waals surface area (Å²) in [4.78, 5) is 25.7. The topological polar surface area (TPSA) is 69.8 Å². The number of hydrogen-bond acceptors (Lipinski definition) is 5. The van der Waals surface area contributed by atoms with Crippen LogP contribution in [0.3, 0.4) is 0 Å². The standard InChI is InChI=1S/C16H20N4O2S/c1-4-5-6-7-8-10-9-11-13(23-10)12-14(18-17-11)19(2)16(22)20(3)15(12)21/h9H,4-8H2,1-3H3. The molecule has 7 heteroatoms. The van der Waals surface area contributed by atoms with E-state index in [-0.39, 0.29) is 11.2 Å². The van der Waals surface area contributed by atoms with Gasteiger partial charge in [-0.3, -0.25) is 13.9 Å². The van der Waals surface area contributed by atoms with Gasteiger partial charge in [-0.15, -0.1) is 21.5 Å². The van der Waals surface area contributed by atoms with E-state index in [0.717, 1.165) is 27.6 Å². The molecule has 0 amide bonds. The maximum atomic E-state index is 12.5. The van der Waals surface area contributed by atoms with E-state index < -0.39 is 0 Å². The molecule has 0 aliphatic heterocycles.